The highest BCUT2D eigenvalue weighted by Gasteiger charge is 2.14. The van der Waals surface area contributed by atoms with Gasteiger partial charge in [0.05, 0.1) is 12.2 Å². The van der Waals surface area contributed by atoms with Gasteiger partial charge in [-0.3, -0.25) is 0 Å². The lowest BCUT2D eigenvalue weighted by atomic mass is 10.0. The van der Waals surface area contributed by atoms with E-state index in [4.69, 9.17) is 5.11 Å². The summed E-state index contributed by atoms with van der Waals surface area (Å²) < 4.78 is 1.73. The van der Waals surface area contributed by atoms with Gasteiger partial charge in [-0.2, -0.15) is 4.68 Å². The molecular formula is C14H21N5O. The molecule has 20 heavy (non-hydrogen) atoms. The molecule has 1 heterocycles. The second-order valence-corrected chi connectivity index (χ2v) is 5.09. The molecule has 0 aliphatic rings. The Kier molecular flexibility index (Phi) is 5.20. The molecule has 0 amide bonds. The maximum atomic E-state index is 9.09. The second-order valence-electron chi connectivity index (χ2n) is 5.09. The van der Waals surface area contributed by atoms with Gasteiger partial charge in [-0.1, -0.05) is 32.0 Å². The summed E-state index contributed by atoms with van der Waals surface area (Å²) in [5.41, 5.74) is 0.942. The summed E-state index contributed by atoms with van der Waals surface area (Å²) in [7, 11) is 0. The van der Waals surface area contributed by atoms with E-state index in [1.807, 2.05) is 30.3 Å². The Balaban J connectivity index is 2.06. The average molecular weight is 275 g/mol. The first-order valence-electron chi connectivity index (χ1n) is 6.89. The standard InChI is InChI=1S/C14H21N5O/c1-11(2)13(8-9-20)15-10-14-16-17-18-19(14)12-6-4-3-5-7-12/h3-7,11,13,15,20H,8-10H2,1-2H3. The first-order valence-corrected chi connectivity index (χ1v) is 6.89. The fourth-order valence-electron chi connectivity index (χ4n) is 2.12. The fraction of sp³-hybridized carbons (Fsp3) is 0.500. The van der Waals surface area contributed by atoms with Crippen molar-refractivity contribution in [3.05, 3.63) is 36.2 Å². The first-order chi connectivity index (χ1) is 9.72. The fourth-order valence-corrected chi connectivity index (χ4v) is 2.12. The number of nitrogens with one attached hydrogen (secondary N) is 1. The normalized spacial score (nSPS) is 12.8. The molecule has 108 valence electrons. The van der Waals surface area contributed by atoms with Crippen LogP contribution in [0.4, 0.5) is 0 Å². The van der Waals surface area contributed by atoms with Crippen molar-refractivity contribution in [1.29, 1.82) is 0 Å². The van der Waals surface area contributed by atoms with Gasteiger partial charge in [-0.05, 0) is 34.9 Å². The van der Waals surface area contributed by atoms with E-state index in [1.54, 1.807) is 4.68 Å². The van der Waals surface area contributed by atoms with E-state index in [0.29, 0.717) is 12.5 Å². The molecule has 2 N–H and O–H groups in total. The van der Waals surface area contributed by atoms with Crippen molar-refractivity contribution >= 4 is 0 Å². The summed E-state index contributed by atoms with van der Waals surface area (Å²) in [6.45, 7) is 5.02. The maximum absolute atomic E-state index is 9.09. The van der Waals surface area contributed by atoms with E-state index in [0.717, 1.165) is 17.9 Å². The van der Waals surface area contributed by atoms with E-state index in [1.165, 1.54) is 0 Å². The Labute approximate surface area is 118 Å². The van der Waals surface area contributed by atoms with Crippen molar-refractivity contribution in [3.63, 3.8) is 0 Å². The minimum atomic E-state index is 0.180. The first kappa shape index (κ1) is 14.6. The molecular weight excluding hydrogens is 254 g/mol. The van der Waals surface area contributed by atoms with Crippen molar-refractivity contribution in [1.82, 2.24) is 25.5 Å². The molecule has 6 nitrogen and oxygen atoms in total. The van der Waals surface area contributed by atoms with Crippen LogP contribution in [0.5, 0.6) is 0 Å². The molecule has 0 saturated carbocycles. The van der Waals surface area contributed by atoms with Gasteiger partial charge in [-0.15, -0.1) is 5.10 Å². The molecule has 0 saturated heterocycles. The van der Waals surface area contributed by atoms with E-state index in [9.17, 15) is 0 Å². The van der Waals surface area contributed by atoms with Gasteiger partial charge in [0.25, 0.3) is 0 Å². The van der Waals surface area contributed by atoms with Crippen LogP contribution in [-0.2, 0) is 6.54 Å². The largest absolute Gasteiger partial charge is 0.396 e. The molecule has 0 fully saturated rings. The highest BCUT2D eigenvalue weighted by Crippen LogP contribution is 2.09. The molecule has 2 aromatic rings. The predicted molar refractivity (Wildman–Crippen MR) is 76.3 cm³/mol. The number of aliphatic hydroxyl groups is 1. The van der Waals surface area contributed by atoms with Gasteiger partial charge in [0.15, 0.2) is 5.82 Å². The van der Waals surface area contributed by atoms with Crippen LogP contribution < -0.4 is 5.32 Å². The molecule has 1 atom stereocenters. The number of aromatic nitrogens is 4. The van der Waals surface area contributed by atoms with E-state index >= 15 is 0 Å². The molecule has 1 unspecified atom stereocenters. The summed E-state index contributed by atoms with van der Waals surface area (Å²) >= 11 is 0. The molecule has 0 aliphatic heterocycles. The zero-order chi connectivity index (χ0) is 14.4. The third-order valence-corrected chi connectivity index (χ3v) is 3.30. The number of para-hydroxylation sites is 1. The minimum absolute atomic E-state index is 0.180. The van der Waals surface area contributed by atoms with Crippen LogP contribution in [0, 0.1) is 5.92 Å². The summed E-state index contributed by atoms with van der Waals surface area (Å²) in [4.78, 5) is 0. The van der Waals surface area contributed by atoms with Gasteiger partial charge < -0.3 is 10.4 Å². The van der Waals surface area contributed by atoms with Crippen molar-refractivity contribution in [2.75, 3.05) is 6.61 Å². The highest BCUT2D eigenvalue weighted by atomic mass is 16.3. The number of nitrogens with zero attached hydrogens (tertiary/aromatic N) is 4. The molecule has 1 aromatic heterocycles. The Morgan fingerprint density at radius 1 is 1.25 bits per heavy atom. The number of rotatable bonds is 7. The second kappa shape index (κ2) is 7.12. The predicted octanol–water partition coefficient (Wildman–Crippen LogP) is 1.16. The average Bonchev–Trinajstić information content (AvgIpc) is 2.92. The monoisotopic (exact) mass is 275 g/mol. The lowest BCUT2D eigenvalue weighted by Gasteiger charge is -2.21. The van der Waals surface area contributed by atoms with Crippen molar-refractivity contribution in [2.45, 2.75) is 32.9 Å². The molecule has 0 aliphatic carbocycles. The number of benzene rings is 1. The molecule has 0 radical (unpaired) electrons. The SMILES string of the molecule is CC(C)C(CCO)NCc1nnnn1-c1ccccc1. The van der Waals surface area contributed by atoms with E-state index in [2.05, 4.69) is 34.7 Å². The Hall–Kier alpha value is -1.79. The smallest absolute Gasteiger partial charge is 0.170 e. The zero-order valence-electron chi connectivity index (χ0n) is 11.9. The van der Waals surface area contributed by atoms with E-state index in [-0.39, 0.29) is 12.6 Å². The van der Waals surface area contributed by atoms with Crippen LogP contribution in [0.1, 0.15) is 26.1 Å². The minimum Gasteiger partial charge on any atom is -0.396 e. The van der Waals surface area contributed by atoms with Gasteiger partial charge in [-0.25, -0.2) is 0 Å². The number of hydrogen-bond acceptors (Lipinski definition) is 5. The van der Waals surface area contributed by atoms with Gasteiger partial charge in [0.1, 0.15) is 0 Å². The Morgan fingerprint density at radius 3 is 2.65 bits per heavy atom. The number of tetrazole rings is 1. The number of hydrogen-bond donors (Lipinski definition) is 2. The molecule has 6 heteroatoms. The summed E-state index contributed by atoms with van der Waals surface area (Å²) in [6, 6.07) is 10.1. The van der Waals surface area contributed by atoms with Gasteiger partial charge in [0.2, 0.25) is 0 Å². The molecule has 0 bridgehead atoms. The van der Waals surface area contributed by atoms with Crippen molar-refractivity contribution < 1.29 is 5.11 Å². The van der Waals surface area contributed by atoms with Crippen LogP contribution in [0.25, 0.3) is 5.69 Å². The topological polar surface area (TPSA) is 75.9 Å². The lowest BCUT2D eigenvalue weighted by molar-refractivity contribution is 0.243. The van der Waals surface area contributed by atoms with Crippen LogP contribution in [0.3, 0.4) is 0 Å². The van der Waals surface area contributed by atoms with Crippen LogP contribution >= 0.6 is 0 Å². The summed E-state index contributed by atoms with van der Waals surface area (Å²) in [6.07, 6.45) is 0.727. The van der Waals surface area contributed by atoms with Crippen molar-refractivity contribution in [2.24, 2.45) is 5.92 Å². The molecule has 1 aromatic carbocycles. The Morgan fingerprint density at radius 2 is 2.00 bits per heavy atom. The van der Waals surface area contributed by atoms with Crippen LogP contribution in [0.15, 0.2) is 30.3 Å². The summed E-state index contributed by atoms with van der Waals surface area (Å²) in [5, 5.41) is 24.3. The number of aliphatic hydroxyl groups excluding tert-OH is 1. The quantitative estimate of drug-likeness (QED) is 0.793. The molecule has 2 rings (SSSR count). The van der Waals surface area contributed by atoms with Crippen LogP contribution in [-0.4, -0.2) is 38.0 Å². The maximum Gasteiger partial charge on any atom is 0.170 e. The van der Waals surface area contributed by atoms with Crippen LogP contribution in [0.2, 0.25) is 0 Å². The third-order valence-electron chi connectivity index (χ3n) is 3.30. The summed E-state index contributed by atoms with van der Waals surface area (Å²) in [5.74, 6) is 1.21. The van der Waals surface area contributed by atoms with Gasteiger partial charge in [0, 0.05) is 12.6 Å². The highest BCUT2D eigenvalue weighted by molar-refractivity contribution is 5.30. The van der Waals surface area contributed by atoms with E-state index < -0.39 is 0 Å². The zero-order valence-corrected chi connectivity index (χ0v) is 11.9. The van der Waals surface area contributed by atoms with Crippen molar-refractivity contribution in [3.8, 4) is 5.69 Å². The Bertz CT molecular complexity index is 511. The van der Waals surface area contributed by atoms with Gasteiger partial charge >= 0.3 is 0 Å². The lowest BCUT2D eigenvalue weighted by Crippen LogP contribution is -2.35. The molecule has 0 spiro atoms. The third kappa shape index (κ3) is 3.61.